The van der Waals surface area contributed by atoms with E-state index in [0.29, 0.717) is 25.5 Å². The lowest BCUT2D eigenvalue weighted by Crippen LogP contribution is -2.62. The van der Waals surface area contributed by atoms with Crippen molar-refractivity contribution in [2.45, 2.75) is 51.5 Å². The molecule has 0 aliphatic carbocycles. The van der Waals surface area contributed by atoms with Gasteiger partial charge in [-0.25, -0.2) is 0 Å². The van der Waals surface area contributed by atoms with Crippen LogP contribution in [0.5, 0.6) is 0 Å². The lowest BCUT2D eigenvalue weighted by molar-refractivity contribution is -0.147. The summed E-state index contributed by atoms with van der Waals surface area (Å²) in [5.74, 6) is 0.0718. The number of amides is 2. The van der Waals surface area contributed by atoms with Gasteiger partial charge < -0.3 is 14.5 Å². The molecule has 1 atom stereocenters. The van der Waals surface area contributed by atoms with E-state index in [4.69, 9.17) is 4.74 Å². The third-order valence-electron chi connectivity index (χ3n) is 6.59. The fourth-order valence-corrected chi connectivity index (χ4v) is 5.18. The van der Waals surface area contributed by atoms with Crippen molar-refractivity contribution in [1.29, 1.82) is 0 Å². The van der Waals surface area contributed by atoms with Crippen molar-refractivity contribution in [1.82, 2.24) is 19.6 Å². The second-order valence-corrected chi connectivity index (χ2v) is 8.31. The first-order valence-corrected chi connectivity index (χ1v) is 10.2. The molecule has 1 spiro atoms. The Bertz CT molecular complexity index is 711. The number of ether oxygens (including phenoxy) is 1. The van der Waals surface area contributed by atoms with Crippen molar-refractivity contribution in [3.8, 4) is 0 Å². The molecule has 27 heavy (non-hydrogen) atoms. The fraction of sp³-hybridized carbons (Fsp3) is 0.750. The van der Waals surface area contributed by atoms with Gasteiger partial charge in [0, 0.05) is 45.3 Å². The minimum Gasteiger partial charge on any atom is -0.381 e. The van der Waals surface area contributed by atoms with Crippen LogP contribution in [0.2, 0.25) is 0 Å². The molecule has 1 aromatic heterocycles. The van der Waals surface area contributed by atoms with Crippen LogP contribution in [0.4, 0.5) is 0 Å². The van der Waals surface area contributed by atoms with Gasteiger partial charge in [-0.05, 0) is 51.5 Å². The van der Waals surface area contributed by atoms with Crippen molar-refractivity contribution in [2.75, 3.05) is 32.8 Å². The first-order chi connectivity index (χ1) is 13.0. The average Bonchev–Trinajstić information content (AvgIpc) is 3.31. The minimum atomic E-state index is -0.379. The number of aromatic nitrogens is 2. The summed E-state index contributed by atoms with van der Waals surface area (Å²) in [5, 5.41) is 4.33. The van der Waals surface area contributed by atoms with Gasteiger partial charge in [0.15, 0.2) is 0 Å². The van der Waals surface area contributed by atoms with Crippen LogP contribution in [0.1, 0.15) is 54.7 Å². The Morgan fingerprint density at radius 3 is 2.44 bits per heavy atom. The Morgan fingerprint density at radius 2 is 1.81 bits per heavy atom. The standard InChI is InChI=1S/C20H30N4O3/c1-15-14-16(22(2)21-15)18(25)24-11-5-6-20(7-12-27-13-8-20)17(24)19(26)23-9-3-4-10-23/h14,17H,3-13H2,1-2H3. The smallest absolute Gasteiger partial charge is 0.272 e. The minimum absolute atomic E-state index is 0.0683. The Hall–Kier alpha value is -1.89. The number of likely N-dealkylation sites (tertiary alicyclic amines) is 2. The molecule has 3 aliphatic rings. The number of aryl methyl sites for hydroxylation is 2. The second-order valence-electron chi connectivity index (χ2n) is 8.31. The normalized spacial score (nSPS) is 25.2. The number of piperidine rings is 1. The summed E-state index contributed by atoms with van der Waals surface area (Å²) in [6.07, 6.45) is 5.75. The molecule has 3 aliphatic heterocycles. The van der Waals surface area contributed by atoms with Crippen LogP contribution < -0.4 is 0 Å². The summed E-state index contributed by atoms with van der Waals surface area (Å²) in [4.78, 5) is 30.9. The molecule has 3 fully saturated rings. The van der Waals surface area contributed by atoms with Gasteiger partial charge in [-0.1, -0.05) is 0 Å². The van der Waals surface area contributed by atoms with Crippen LogP contribution in [-0.4, -0.2) is 70.3 Å². The molecule has 2 amide bonds. The highest BCUT2D eigenvalue weighted by atomic mass is 16.5. The second kappa shape index (κ2) is 7.26. The fourth-order valence-electron chi connectivity index (χ4n) is 5.18. The van der Waals surface area contributed by atoms with E-state index in [-0.39, 0.29) is 23.3 Å². The molecule has 0 N–H and O–H groups in total. The molecule has 0 saturated carbocycles. The summed E-state index contributed by atoms with van der Waals surface area (Å²) in [6.45, 7) is 5.51. The molecule has 4 heterocycles. The number of carbonyl (C=O) groups excluding carboxylic acids is 2. The van der Waals surface area contributed by atoms with Gasteiger partial charge in [-0.15, -0.1) is 0 Å². The predicted octanol–water partition coefficient (Wildman–Crippen LogP) is 1.75. The Morgan fingerprint density at radius 1 is 1.11 bits per heavy atom. The van der Waals surface area contributed by atoms with Crippen LogP contribution in [0.15, 0.2) is 6.07 Å². The zero-order valence-electron chi connectivity index (χ0n) is 16.4. The van der Waals surface area contributed by atoms with E-state index in [0.717, 1.165) is 57.3 Å². The number of carbonyl (C=O) groups is 2. The largest absolute Gasteiger partial charge is 0.381 e. The van der Waals surface area contributed by atoms with Crippen LogP contribution in [0.25, 0.3) is 0 Å². The average molecular weight is 374 g/mol. The molecule has 7 heteroatoms. The van der Waals surface area contributed by atoms with E-state index < -0.39 is 0 Å². The topological polar surface area (TPSA) is 67.7 Å². The first-order valence-electron chi connectivity index (χ1n) is 10.2. The first kappa shape index (κ1) is 18.5. The molecule has 0 radical (unpaired) electrons. The van der Waals surface area contributed by atoms with E-state index in [9.17, 15) is 9.59 Å². The maximum atomic E-state index is 13.6. The van der Waals surface area contributed by atoms with Crippen LogP contribution in [-0.2, 0) is 16.6 Å². The molecular weight excluding hydrogens is 344 g/mol. The van der Waals surface area contributed by atoms with Crippen LogP contribution in [0.3, 0.4) is 0 Å². The molecule has 148 valence electrons. The van der Waals surface area contributed by atoms with Gasteiger partial charge in [-0.2, -0.15) is 5.10 Å². The molecule has 0 bridgehead atoms. The Balaban J connectivity index is 1.70. The maximum absolute atomic E-state index is 13.6. The summed E-state index contributed by atoms with van der Waals surface area (Å²) < 4.78 is 7.25. The lowest BCUT2D eigenvalue weighted by Gasteiger charge is -2.51. The third-order valence-corrected chi connectivity index (χ3v) is 6.59. The van der Waals surface area contributed by atoms with Crippen molar-refractivity contribution in [2.24, 2.45) is 12.5 Å². The lowest BCUT2D eigenvalue weighted by atomic mass is 9.67. The van der Waals surface area contributed by atoms with Crippen LogP contribution in [0, 0.1) is 12.3 Å². The van der Waals surface area contributed by atoms with Crippen molar-refractivity contribution in [3.05, 3.63) is 17.5 Å². The highest BCUT2D eigenvalue weighted by Gasteiger charge is 2.52. The van der Waals surface area contributed by atoms with Gasteiger partial charge in [-0.3, -0.25) is 14.3 Å². The molecule has 7 nitrogen and oxygen atoms in total. The Kier molecular flexibility index (Phi) is 4.97. The maximum Gasteiger partial charge on any atom is 0.272 e. The monoisotopic (exact) mass is 374 g/mol. The molecule has 0 aromatic carbocycles. The van der Waals surface area contributed by atoms with Gasteiger partial charge in [0.1, 0.15) is 11.7 Å². The number of hydrogen-bond donors (Lipinski definition) is 0. The summed E-state index contributed by atoms with van der Waals surface area (Å²) in [6, 6.07) is 1.45. The number of nitrogens with zero attached hydrogens (tertiary/aromatic N) is 4. The summed E-state index contributed by atoms with van der Waals surface area (Å²) in [7, 11) is 1.80. The van der Waals surface area contributed by atoms with Crippen molar-refractivity contribution >= 4 is 11.8 Å². The quantitative estimate of drug-likeness (QED) is 0.791. The predicted molar refractivity (Wildman–Crippen MR) is 100 cm³/mol. The molecule has 1 aromatic rings. The molecular formula is C20H30N4O3. The van der Waals surface area contributed by atoms with E-state index >= 15 is 0 Å². The van der Waals surface area contributed by atoms with Crippen molar-refractivity contribution < 1.29 is 14.3 Å². The van der Waals surface area contributed by atoms with E-state index in [1.54, 1.807) is 11.7 Å². The van der Waals surface area contributed by atoms with Gasteiger partial charge >= 0.3 is 0 Å². The molecule has 3 saturated heterocycles. The number of hydrogen-bond acceptors (Lipinski definition) is 4. The zero-order valence-corrected chi connectivity index (χ0v) is 16.4. The van der Waals surface area contributed by atoms with Crippen molar-refractivity contribution in [3.63, 3.8) is 0 Å². The van der Waals surface area contributed by atoms with Gasteiger partial charge in [0.05, 0.1) is 5.69 Å². The van der Waals surface area contributed by atoms with E-state index in [1.807, 2.05) is 22.8 Å². The number of rotatable bonds is 2. The summed E-state index contributed by atoms with van der Waals surface area (Å²) >= 11 is 0. The van der Waals surface area contributed by atoms with E-state index in [1.165, 1.54) is 0 Å². The van der Waals surface area contributed by atoms with Gasteiger partial charge in [0.25, 0.3) is 5.91 Å². The SMILES string of the molecule is Cc1cc(C(=O)N2CCCC3(CCOCC3)C2C(=O)N2CCCC2)n(C)n1. The highest BCUT2D eigenvalue weighted by Crippen LogP contribution is 2.45. The zero-order chi connectivity index (χ0) is 19.0. The molecule has 4 rings (SSSR count). The summed E-state index contributed by atoms with van der Waals surface area (Å²) in [5.41, 5.74) is 1.23. The third kappa shape index (κ3) is 3.26. The van der Waals surface area contributed by atoms with Gasteiger partial charge in [0.2, 0.25) is 5.91 Å². The van der Waals surface area contributed by atoms with Crippen LogP contribution >= 0.6 is 0 Å². The molecule has 1 unspecified atom stereocenters. The van der Waals surface area contributed by atoms with E-state index in [2.05, 4.69) is 5.10 Å². The Labute approximate surface area is 160 Å². The highest BCUT2D eigenvalue weighted by molar-refractivity contribution is 5.97.